The zero-order chi connectivity index (χ0) is 23.0. The lowest BCUT2D eigenvalue weighted by molar-refractivity contribution is -0.140. The normalized spacial score (nSPS) is 10.8. The molecule has 0 amide bonds. The maximum Gasteiger partial charge on any atom is 0.305 e. The number of unbranched alkanes of at least 4 members (excludes halogenated alkanes) is 2. The van der Waals surface area contributed by atoms with Crippen LogP contribution in [0.3, 0.4) is 0 Å². The van der Waals surface area contributed by atoms with Gasteiger partial charge in [0.25, 0.3) is 0 Å². The second kappa shape index (κ2) is 10.6. The van der Waals surface area contributed by atoms with Crippen LogP contribution in [-0.4, -0.2) is 29.6 Å². The fraction of sp³-hybridized carbons (Fsp3) is 0.222. The van der Waals surface area contributed by atoms with Gasteiger partial charge in [-0.25, -0.2) is 9.97 Å². The van der Waals surface area contributed by atoms with Gasteiger partial charge in [0.05, 0.1) is 12.5 Å². The van der Waals surface area contributed by atoms with E-state index in [0.29, 0.717) is 12.1 Å². The second-order valence-electron chi connectivity index (χ2n) is 7.71. The molecule has 0 bridgehead atoms. The molecule has 0 aliphatic carbocycles. The number of nitrogens with zero attached hydrogens (tertiary/aromatic N) is 2. The highest BCUT2D eigenvalue weighted by molar-refractivity contribution is 6.05. The Hall–Kier alpha value is -3.93. The molecular formula is C27H27N3O3. The number of hydrogen-bond acceptors (Lipinski definition) is 6. The van der Waals surface area contributed by atoms with Crippen LogP contribution in [0.25, 0.3) is 39.6 Å². The molecule has 1 N–H and O–H groups in total. The summed E-state index contributed by atoms with van der Waals surface area (Å²) < 4.78 is 11.0. The molecule has 0 radical (unpaired) electrons. The Balaban J connectivity index is 1.66. The average Bonchev–Trinajstić information content (AvgIpc) is 3.27. The highest BCUT2D eigenvalue weighted by Gasteiger charge is 2.21. The predicted molar refractivity (Wildman–Crippen MR) is 132 cm³/mol. The fourth-order valence-corrected chi connectivity index (χ4v) is 3.80. The molecule has 0 saturated carbocycles. The first-order chi connectivity index (χ1) is 16.2. The van der Waals surface area contributed by atoms with Crippen LogP contribution in [0.2, 0.25) is 0 Å². The highest BCUT2D eigenvalue weighted by atomic mass is 16.5. The van der Waals surface area contributed by atoms with Crippen LogP contribution in [0.1, 0.15) is 31.2 Å². The molecule has 4 aromatic rings. The summed E-state index contributed by atoms with van der Waals surface area (Å²) in [5.74, 6) is 1.33. The fourth-order valence-electron chi connectivity index (χ4n) is 3.80. The Morgan fingerprint density at radius 3 is 2.55 bits per heavy atom. The monoisotopic (exact) mass is 441 g/mol. The molecule has 0 aliphatic heterocycles. The molecule has 0 aliphatic rings. The van der Waals surface area contributed by atoms with Crippen molar-refractivity contribution in [2.24, 2.45) is 0 Å². The van der Waals surface area contributed by atoms with Gasteiger partial charge in [-0.15, -0.1) is 0 Å². The number of benzene rings is 2. The van der Waals surface area contributed by atoms with Gasteiger partial charge in [-0.05, 0) is 24.0 Å². The van der Waals surface area contributed by atoms with Gasteiger partial charge in [-0.1, -0.05) is 73.7 Å². The molecule has 0 unspecified atom stereocenters. The first kappa shape index (κ1) is 22.3. The van der Waals surface area contributed by atoms with Crippen LogP contribution >= 0.6 is 0 Å². The third-order valence-corrected chi connectivity index (χ3v) is 5.54. The highest BCUT2D eigenvalue weighted by Crippen LogP contribution is 2.42. The van der Waals surface area contributed by atoms with Gasteiger partial charge in [0.15, 0.2) is 0 Å². The van der Waals surface area contributed by atoms with Crippen LogP contribution in [0.5, 0.6) is 0 Å². The molecular weight excluding hydrogens is 414 g/mol. The molecule has 0 fully saturated rings. The summed E-state index contributed by atoms with van der Waals surface area (Å²) in [6, 6.07) is 18.2. The number of aromatic nitrogens is 2. The van der Waals surface area contributed by atoms with E-state index in [1.54, 1.807) is 0 Å². The third kappa shape index (κ3) is 5.12. The lowest BCUT2D eigenvalue weighted by Crippen LogP contribution is -2.05. The molecule has 2 aromatic carbocycles. The van der Waals surface area contributed by atoms with Crippen molar-refractivity contribution in [3.63, 3.8) is 0 Å². The molecule has 0 spiro atoms. The molecule has 6 heteroatoms. The van der Waals surface area contributed by atoms with Gasteiger partial charge in [-0.2, -0.15) is 0 Å². The van der Waals surface area contributed by atoms with E-state index >= 15 is 0 Å². The number of methoxy groups -OCH3 is 1. The summed E-state index contributed by atoms with van der Waals surface area (Å²) in [5.41, 5.74) is 4.55. The predicted octanol–water partition coefficient (Wildman–Crippen LogP) is 6.35. The quantitative estimate of drug-likeness (QED) is 0.228. The number of carbonyl (C=O) groups excluding carboxylic acids is 1. The van der Waals surface area contributed by atoms with Crippen LogP contribution in [0, 0.1) is 0 Å². The summed E-state index contributed by atoms with van der Waals surface area (Å²) in [6.07, 6.45) is 6.43. The summed E-state index contributed by atoms with van der Waals surface area (Å²) in [6.45, 7) is 4.58. The number of nitrogens with one attached hydrogen (secondary N) is 1. The van der Waals surface area contributed by atoms with Gasteiger partial charge < -0.3 is 14.5 Å². The SMILES string of the molecule is C=Cc1ccc(-c2c(-c3ccccc3)oc3ncnc(NCCCCCC(=O)OC)c23)cc1. The molecule has 2 heterocycles. The van der Waals surface area contributed by atoms with E-state index in [-0.39, 0.29) is 5.97 Å². The number of esters is 1. The van der Waals surface area contributed by atoms with Gasteiger partial charge in [0.1, 0.15) is 17.9 Å². The minimum Gasteiger partial charge on any atom is -0.469 e. The second-order valence-corrected chi connectivity index (χ2v) is 7.71. The number of rotatable bonds is 10. The lowest BCUT2D eigenvalue weighted by atomic mass is 9.98. The number of anilines is 1. The molecule has 2 aromatic heterocycles. The Morgan fingerprint density at radius 1 is 1.03 bits per heavy atom. The Bertz CT molecular complexity index is 1230. The van der Waals surface area contributed by atoms with Crippen LogP contribution in [0.4, 0.5) is 5.82 Å². The Labute approximate surface area is 193 Å². The maximum atomic E-state index is 11.3. The summed E-state index contributed by atoms with van der Waals surface area (Å²) in [5, 5.41) is 4.30. The van der Waals surface area contributed by atoms with E-state index < -0.39 is 0 Å². The van der Waals surface area contributed by atoms with Crippen molar-refractivity contribution in [2.75, 3.05) is 19.0 Å². The van der Waals surface area contributed by atoms with Crippen molar-refractivity contribution in [2.45, 2.75) is 25.7 Å². The number of furan rings is 1. The molecule has 0 saturated heterocycles. The zero-order valence-electron chi connectivity index (χ0n) is 18.7. The van der Waals surface area contributed by atoms with Gasteiger partial charge in [0, 0.05) is 24.1 Å². The third-order valence-electron chi connectivity index (χ3n) is 5.54. The van der Waals surface area contributed by atoms with Crippen LogP contribution in [-0.2, 0) is 9.53 Å². The summed E-state index contributed by atoms with van der Waals surface area (Å²) in [7, 11) is 1.42. The van der Waals surface area contributed by atoms with E-state index in [4.69, 9.17) is 9.15 Å². The van der Waals surface area contributed by atoms with Gasteiger partial charge >= 0.3 is 5.97 Å². The molecule has 168 valence electrons. The van der Waals surface area contributed by atoms with Crippen molar-refractivity contribution in [1.29, 1.82) is 0 Å². The van der Waals surface area contributed by atoms with Crippen molar-refractivity contribution in [1.82, 2.24) is 9.97 Å². The van der Waals surface area contributed by atoms with Crippen molar-refractivity contribution in [3.05, 3.63) is 73.1 Å². The van der Waals surface area contributed by atoms with Crippen LogP contribution in [0.15, 0.2) is 71.9 Å². The van der Waals surface area contributed by atoms with E-state index in [2.05, 4.69) is 34.0 Å². The Kier molecular flexibility index (Phi) is 7.15. The minimum absolute atomic E-state index is 0.167. The maximum absolute atomic E-state index is 11.3. The van der Waals surface area contributed by atoms with Crippen molar-refractivity contribution in [3.8, 4) is 22.5 Å². The van der Waals surface area contributed by atoms with Crippen molar-refractivity contribution < 1.29 is 13.9 Å². The van der Waals surface area contributed by atoms with Gasteiger partial charge in [-0.3, -0.25) is 4.79 Å². The van der Waals surface area contributed by atoms with E-state index in [1.807, 2.05) is 48.5 Å². The molecule has 33 heavy (non-hydrogen) atoms. The summed E-state index contributed by atoms with van der Waals surface area (Å²) in [4.78, 5) is 20.2. The lowest BCUT2D eigenvalue weighted by Gasteiger charge is -2.09. The van der Waals surface area contributed by atoms with Crippen molar-refractivity contribution >= 4 is 29.0 Å². The Morgan fingerprint density at radius 2 is 1.82 bits per heavy atom. The van der Waals surface area contributed by atoms with Gasteiger partial charge in [0.2, 0.25) is 5.71 Å². The van der Waals surface area contributed by atoms with Crippen LogP contribution < -0.4 is 5.32 Å². The average molecular weight is 442 g/mol. The number of fused-ring (bicyclic) bond motifs is 1. The number of ether oxygens (including phenoxy) is 1. The first-order valence-electron chi connectivity index (χ1n) is 11.1. The number of carbonyl (C=O) groups is 1. The van der Waals surface area contributed by atoms with E-state index in [0.717, 1.165) is 65.0 Å². The topological polar surface area (TPSA) is 77.3 Å². The standard InChI is InChI=1S/C27H27N3O3/c1-3-19-13-15-20(16-14-19)23-24-26(28-17-9-5-8-12-22(31)32-2)29-18-30-27(24)33-25(23)21-10-6-4-7-11-21/h3-4,6-7,10-11,13-16,18H,1,5,8-9,12,17H2,2H3,(H,28,29,30). The smallest absolute Gasteiger partial charge is 0.305 e. The summed E-state index contributed by atoms with van der Waals surface area (Å²) >= 11 is 0. The van der Waals surface area contributed by atoms with E-state index in [9.17, 15) is 4.79 Å². The molecule has 4 rings (SSSR count). The van der Waals surface area contributed by atoms with E-state index in [1.165, 1.54) is 13.4 Å². The number of hydrogen-bond donors (Lipinski definition) is 1. The molecule has 0 atom stereocenters. The zero-order valence-corrected chi connectivity index (χ0v) is 18.7. The largest absolute Gasteiger partial charge is 0.469 e. The first-order valence-corrected chi connectivity index (χ1v) is 11.1. The minimum atomic E-state index is -0.167. The molecule has 6 nitrogen and oxygen atoms in total.